The van der Waals surface area contributed by atoms with Crippen LogP contribution in [0, 0.1) is 0 Å². The molecule has 3 heterocycles. The average molecular weight is 485 g/mol. The van der Waals surface area contributed by atoms with E-state index in [0.29, 0.717) is 29.9 Å². The van der Waals surface area contributed by atoms with Crippen LogP contribution in [0.3, 0.4) is 0 Å². The van der Waals surface area contributed by atoms with Crippen molar-refractivity contribution in [2.45, 2.75) is 38.5 Å². The number of amides is 2. The molecule has 0 saturated carbocycles. The van der Waals surface area contributed by atoms with Crippen LogP contribution in [0.5, 0.6) is 0 Å². The van der Waals surface area contributed by atoms with Crippen LogP contribution in [0.15, 0.2) is 36.5 Å². The molecule has 1 saturated heterocycles. The Kier molecular flexibility index (Phi) is 5.70. The van der Waals surface area contributed by atoms with Crippen LogP contribution < -0.4 is 10.2 Å². The second kappa shape index (κ2) is 8.71. The van der Waals surface area contributed by atoms with Gasteiger partial charge in [-0.15, -0.1) is 0 Å². The third-order valence-corrected chi connectivity index (χ3v) is 6.19. The van der Waals surface area contributed by atoms with Crippen molar-refractivity contribution < 1.29 is 27.5 Å². The Morgan fingerprint density at radius 1 is 1.26 bits per heavy atom. The number of ether oxygens (including phenoxy) is 1. The van der Waals surface area contributed by atoms with E-state index in [2.05, 4.69) is 20.5 Å². The molecule has 11 heteroatoms. The summed E-state index contributed by atoms with van der Waals surface area (Å²) in [7, 11) is 0. The number of aryl methyl sites for hydroxylation is 1. The zero-order chi connectivity index (χ0) is 24.7. The summed E-state index contributed by atoms with van der Waals surface area (Å²) in [6, 6.07) is 8.17. The fourth-order valence-electron chi connectivity index (χ4n) is 4.55. The van der Waals surface area contributed by atoms with Crippen LogP contribution >= 0.6 is 0 Å². The highest BCUT2D eigenvalue weighted by Gasteiger charge is 2.34. The van der Waals surface area contributed by atoms with Gasteiger partial charge in [-0.2, -0.15) is 18.3 Å². The van der Waals surface area contributed by atoms with Crippen molar-refractivity contribution in [3.05, 3.63) is 53.3 Å². The highest BCUT2D eigenvalue weighted by atomic mass is 19.4. The molecule has 0 radical (unpaired) electrons. The molecule has 0 spiro atoms. The number of cyclic esters (lactones) is 1. The van der Waals surface area contributed by atoms with Crippen molar-refractivity contribution >= 4 is 17.7 Å². The molecule has 8 nitrogen and oxygen atoms in total. The molecule has 182 valence electrons. The molecule has 1 aliphatic heterocycles. The van der Waals surface area contributed by atoms with E-state index >= 15 is 0 Å². The number of halogens is 3. The second-order valence-corrected chi connectivity index (χ2v) is 8.60. The molecule has 3 aromatic rings. The fraction of sp³-hybridized carbons (Fsp3) is 0.333. The lowest BCUT2D eigenvalue weighted by molar-refractivity contribution is -0.141. The quantitative estimate of drug-likeness (QED) is 0.580. The van der Waals surface area contributed by atoms with Gasteiger partial charge >= 0.3 is 12.3 Å². The topological polar surface area (TPSA) is 100 Å². The first kappa shape index (κ1) is 22.9. The normalized spacial score (nSPS) is 17.4. The lowest BCUT2D eigenvalue weighted by atomic mass is 9.99. The first-order chi connectivity index (χ1) is 16.7. The third kappa shape index (κ3) is 4.45. The minimum Gasteiger partial charge on any atom is -0.442 e. The summed E-state index contributed by atoms with van der Waals surface area (Å²) >= 11 is 0. The number of rotatable bonds is 4. The maximum Gasteiger partial charge on any atom is 0.433 e. The number of H-pyrrole nitrogens is 1. The van der Waals surface area contributed by atoms with E-state index in [-0.39, 0.29) is 12.5 Å². The number of nitrogens with zero attached hydrogens (tertiary/aromatic N) is 3. The van der Waals surface area contributed by atoms with Crippen molar-refractivity contribution in [2.75, 3.05) is 18.0 Å². The van der Waals surface area contributed by atoms with Crippen molar-refractivity contribution in [1.29, 1.82) is 0 Å². The van der Waals surface area contributed by atoms with Gasteiger partial charge in [-0.05, 0) is 49.1 Å². The van der Waals surface area contributed by atoms with Crippen molar-refractivity contribution in [1.82, 2.24) is 20.5 Å². The number of aromatic amines is 1. The molecule has 35 heavy (non-hydrogen) atoms. The van der Waals surface area contributed by atoms with Gasteiger partial charge in [0.05, 0.1) is 24.5 Å². The Hall–Kier alpha value is -3.89. The van der Waals surface area contributed by atoms with Gasteiger partial charge in [-0.3, -0.25) is 19.8 Å². The number of anilines is 1. The van der Waals surface area contributed by atoms with E-state index in [1.807, 2.05) is 18.2 Å². The zero-order valence-electron chi connectivity index (χ0n) is 18.8. The van der Waals surface area contributed by atoms with E-state index in [0.717, 1.165) is 47.5 Å². The largest absolute Gasteiger partial charge is 0.442 e. The van der Waals surface area contributed by atoms with Crippen molar-refractivity contribution in [3.8, 4) is 22.5 Å². The first-order valence-corrected chi connectivity index (χ1v) is 11.2. The summed E-state index contributed by atoms with van der Waals surface area (Å²) in [6.07, 6.45) is -2.17. The van der Waals surface area contributed by atoms with Crippen LogP contribution in [0.25, 0.3) is 22.5 Å². The zero-order valence-corrected chi connectivity index (χ0v) is 18.8. The molecule has 1 aliphatic carbocycles. The van der Waals surface area contributed by atoms with Gasteiger partial charge in [0.25, 0.3) is 0 Å². The summed E-state index contributed by atoms with van der Waals surface area (Å²) in [5.41, 5.74) is 4.08. The summed E-state index contributed by atoms with van der Waals surface area (Å²) in [6.45, 7) is 1.97. The highest BCUT2D eigenvalue weighted by Crippen LogP contribution is 2.39. The van der Waals surface area contributed by atoms with E-state index in [4.69, 9.17) is 4.74 Å². The number of aromatic nitrogens is 3. The van der Waals surface area contributed by atoms with Gasteiger partial charge in [0.1, 0.15) is 11.8 Å². The lowest BCUT2D eigenvalue weighted by Crippen LogP contribution is -2.33. The number of alkyl halides is 3. The van der Waals surface area contributed by atoms with Gasteiger partial charge < -0.3 is 10.1 Å². The van der Waals surface area contributed by atoms with Crippen LogP contribution in [-0.4, -0.2) is 46.4 Å². The van der Waals surface area contributed by atoms with Crippen LogP contribution in [-0.2, 0) is 28.5 Å². The molecule has 1 fully saturated rings. The Morgan fingerprint density at radius 3 is 2.86 bits per heavy atom. The monoisotopic (exact) mass is 485 g/mol. The number of hydrogen-bond donors (Lipinski definition) is 2. The van der Waals surface area contributed by atoms with Gasteiger partial charge in [-0.25, -0.2) is 4.79 Å². The molecule has 2 N–H and O–H groups in total. The van der Waals surface area contributed by atoms with Gasteiger partial charge in [0.2, 0.25) is 5.91 Å². The van der Waals surface area contributed by atoms with Gasteiger partial charge in [-0.1, -0.05) is 6.07 Å². The van der Waals surface area contributed by atoms with Crippen LogP contribution in [0.4, 0.5) is 23.7 Å². The maximum atomic E-state index is 13.2. The van der Waals surface area contributed by atoms with Crippen molar-refractivity contribution in [3.63, 3.8) is 0 Å². The smallest absolute Gasteiger partial charge is 0.433 e. The highest BCUT2D eigenvalue weighted by molar-refractivity contribution is 5.91. The van der Waals surface area contributed by atoms with Gasteiger partial charge in [0.15, 0.2) is 0 Å². The summed E-state index contributed by atoms with van der Waals surface area (Å²) in [4.78, 5) is 28.5. The Morgan fingerprint density at radius 2 is 2.09 bits per heavy atom. The summed E-state index contributed by atoms with van der Waals surface area (Å²) < 4.78 is 44.8. The molecule has 5 rings (SSSR count). The molecule has 1 atom stereocenters. The Bertz CT molecular complexity index is 1300. The number of carbonyl (C=O) groups excluding carboxylic acids is 2. The Balaban J connectivity index is 1.44. The summed E-state index contributed by atoms with van der Waals surface area (Å²) in [5, 5.41) is 10.0. The third-order valence-electron chi connectivity index (χ3n) is 6.19. The molecular weight excluding hydrogens is 463 g/mol. The van der Waals surface area contributed by atoms with E-state index in [1.165, 1.54) is 17.9 Å². The minimum absolute atomic E-state index is 0.194. The molecule has 0 bridgehead atoms. The first-order valence-electron chi connectivity index (χ1n) is 11.2. The predicted molar refractivity (Wildman–Crippen MR) is 121 cm³/mol. The van der Waals surface area contributed by atoms with Crippen LogP contribution in [0.2, 0.25) is 0 Å². The van der Waals surface area contributed by atoms with Crippen molar-refractivity contribution in [2.24, 2.45) is 0 Å². The summed E-state index contributed by atoms with van der Waals surface area (Å²) in [5.74, 6) is -0.194. The minimum atomic E-state index is -4.54. The molecule has 2 aliphatic rings. The molecular formula is C24H22F3N5O3. The molecule has 1 unspecified atom stereocenters. The number of hydrogen-bond acceptors (Lipinski definition) is 5. The standard InChI is InChI=1S/C24H22F3N5O3/c1-13(33)29-11-17-12-32(23(34)35-17)16-5-6-18-14(9-16)3-2-4-19-21(30-31-22(18)19)15-7-8-28-20(10-15)24(25,26)27/h5-10,17H,2-4,11-12H2,1H3,(H,29,33)(H,30,31). The maximum absolute atomic E-state index is 13.2. The number of carbonyl (C=O) groups is 2. The Labute approximate surface area is 198 Å². The molecule has 2 aromatic heterocycles. The van der Waals surface area contributed by atoms with E-state index in [1.54, 1.807) is 0 Å². The number of fused-ring (bicyclic) bond motifs is 3. The number of pyridine rings is 1. The average Bonchev–Trinajstić information content (AvgIpc) is 3.35. The predicted octanol–water partition coefficient (Wildman–Crippen LogP) is 4.11. The molecule has 1 aromatic carbocycles. The van der Waals surface area contributed by atoms with E-state index in [9.17, 15) is 22.8 Å². The second-order valence-electron chi connectivity index (χ2n) is 8.60. The van der Waals surface area contributed by atoms with Crippen LogP contribution in [0.1, 0.15) is 30.2 Å². The van der Waals surface area contributed by atoms with E-state index < -0.39 is 24.1 Å². The fourth-order valence-corrected chi connectivity index (χ4v) is 4.55. The lowest BCUT2D eigenvalue weighted by Gasteiger charge is -2.16. The molecule has 2 amide bonds. The SMILES string of the molecule is CC(=O)NCC1CN(c2ccc3c(c2)CCCc2c(-c4ccnc(C(F)(F)F)c4)n[nH]c2-3)C(=O)O1. The number of benzene rings is 1. The van der Waals surface area contributed by atoms with Gasteiger partial charge in [0, 0.05) is 35.5 Å². The number of nitrogens with one attached hydrogen (secondary N) is 2.